The second-order valence-corrected chi connectivity index (χ2v) is 7.82. The van der Waals surface area contributed by atoms with Crippen molar-refractivity contribution >= 4 is 11.6 Å². The van der Waals surface area contributed by atoms with E-state index in [2.05, 4.69) is 57.3 Å². The molecule has 1 amide bonds. The number of nitrogens with zero attached hydrogens (tertiary/aromatic N) is 1. The molecule has 140 valence electrons. The summed E-state index contributed by atoms with van der Waals surface area (Å²) in [6.45, 7) is 10.2. The third-order valence-electron chi connectivity index (χ3n) is 4.69. The van der Waals surface area contributed by atoms with Crippen LogP contribution >= 0.6 is 0 Å². The largest absolute Gasteiger partial charge is 0.387 e. The van der Waals surface area contributed by atoms with Gasteiger partial charge in [-0.25, -0.2) is 0 Å². The standard InChI is InChI=1S/C23H32N2O/c1-6-7-16-25(22(26)20-10-8-9-11-21(20)24-5)17-18-12-14-19(15-13-18)23(2,3)4/h8-15,24H,6-7,16-17H2,1-5H3. The van der Waals surface area contributed by atoms with E-state index in [0.717, 1.165) is 30.6 Å². The summed E-state index contributed by atoms with van der Waals surface area (Å²) in [6, 6.07) is 16.4. The number of benzene rings is 2. The molecule has 0 radical (unpaired) electrons. The maximum absolute atomic E-state index is 13.1. The number of unbranched alkanes of at least 4 members (excludes halogenated alkanes) is 1. The van der Waals surface area contributed by atoms with Crippen molar-refractivity contribution in [1.82, 2.24) is 4.90 Å². The van der Waals surface area contributed by atoms with Gasteiger partial charge in [0, 0.05) is 25.8 Å². The van der Waals surface area contributed by atoms with Crippen LogP contribution in [0.5, 0.6) is 0 Å². The summed E-state index contributed by atoms with van der Waals surface area (Å²) >= 11 is 0. The lowest BCUT2D eigenvalue weighted by Crippen LogP contribution is -2.32. The molecule has 3 heteroatoms. The second kappa shape index (κ2) is 8.88. The lowest BCUT2D eigenvalue weighted by Gasteiger charge is -2.25. The highest BCUT2D eigenvalue weighted by Gasteiger charge is 2.19. The molecular formula is C23H32N2O. The smallest absolute Gasteiger partial charge is 0.256 e. The molecule has 0 saturated carbocycles. The quantitative estimate of drug-likeness (QED) is 0.717. The SMILES string of the molecule is CCCCN(Cc1ccc(C(C)(C)C)cc1)C(=O)c1ccccc1NC. The number of amides is 1. The van der Waals surface area contributed by atoms with Gasteiger partial charge in [0.05, 0.1) is 5.56 Å². The van der Waals surface area contributed by atoms with E-state index < -0.39 is 0 Å². The lowest BCUT2D eigenvalue weighted by molar-refractivity contribution is 0.0741. The molecule has 0 heterocycles. The van der Waals surface area contributed by atoms with Gasteiger partial charge in [0.15, 0.2) is 0 Å². The Kier molecular flexibility index (Phi) is 6.84. The summed E-state index contributed by atoms with van der Waals surface area (Å²) in [5, 5.41) is 3.13. The number of carbonyl (C=O) groups excluding carboxylic acids is 1. The summed E-state index contributed by atoms with van der Waals surface area (Å²) in [5.74, 6) is 0.0864. The molecule has 26 heavy (non-hydrogen) atoms. The minimum absolute atomic E-state index is 0.0864. The minimum Gasteiger partial charge on any atom is -0.387 e. The van der Waals surface area contributed by atoms with Gasteiger partial charge in [0.2, 0.25) is 0 Å². The number of hydrogen-bond donors (Lipinski definition) is 1. The molecular weight excluding hydrogens is 320 g/mol. The number of carbonyl (C=O) groups is 1. The molecule has 3 nitrogen and oxygen atoms in total. The van der Waals surface area contributed by atoms with Crippen molar-refractivity contribution in [2.75, 3.05) is 18.9 Å². The Labute approximate surface area is 158 Å². The fourth-order valence-corrected chi connectivity index (χ4v) is 2.99. The lowest BCUT2D eigenvalue weighted by atomic mass is 9.87. The van der Waals surface area contributed by atoms with Crippen LogP contribution in [0.2, 0.25) is 0 Å². The number of nitrogens with one attached hydrogen (secondary N) is 1. The zero-order valence-electron chi connectivity index (χ0n) is 16.8. The Morgan fingerprint density at radius 1 is 1.04 bits per heavy atom. The van der Waals surface area contributed by atoms with Crippen LogP contribution < -0.4 is 5.32 Å². The molecule has 2 aromatic rings. The first-order chi connectivity index (χ1) is 12.4. The van der Waals surface area contributed by atoms with Crippen molar-refractivity contribution in [2.24, 2.45) is 0 Å². The predicted molar refractivity (Wildman–Crippen MR) is 111 cm³/mol. The maximum atomic E-state index is 13.1. The van der Waals surface area contributed by atoms with Gasteiger partial charge in [-0.15, -0.1) is 0 Å². The summed E-state index contributed by atoms with van der Waals surface area (Å²) in [4.78, 5) is 15.1. The molecule has 0 saturated heterocycles. The van der Waals surface area contributed by atoms with E-state index >= 15 is 0 Å². The van der Waals surface area contributed by atoms with Gasteiger partial charge in [-0.2, -0.15) is 0 Å². The van der Waals surface area contributed by atoms with Gasteiger partial charge in [-0.3, -0.25) is 4.79 Å². The third-order valence-corrected chi connectivity index (χ3v) is 4.69. The van der Waals surface area contributed by atoms with E-state index in [1.807, 2.05) is 36.2 Å². The summed E-state index contributed by atoms with van der Waals surface area (Å²) in [6.07, 6.45) is 2.08. The molecule has 0 atom stereocenters. The number of anilines is 1. The zero-order chi connectivity index (χ0) is 19.2. The number of hydrogen-bond acceptors (Lipinski definition) is 2. The average molecular weight is 353 g/mol. The Bertz CT molecular complexity index is 714. The second-order valence-electron chi connectivity index (χ2n) is 7.82. The molecule has 0 aliphatic carbocycles. The van der Waals surface area contributed by atoms with Crippen LogP contribution in [-0.4, -0.2) is 24.4 Å². The normalized spacial score (nSPS) is 11.3. The molecule has 1 N–H and O–H groups in total. The monoisotopic (exact) mass is 352 g/mol. The fourth-order valence-electron chi connectivity index (χ4n) is 2.99. The van der Waals surface area contributed by atoms with Crippen LogP contribution in [0.3, 0.4) is 0 Å². The molecule has 0 bridgehead atoms. The Morgan fingerprint density at radius 3 is 2.27 bits per heavy atom. The van der Waals surface area contributed by atoms with E-state index in [1.54, 1.807) is 0 Å². The molecule has 0 unspecified atom stereocenters. The van der Waals surface area contributed by atoms with Gasteiger partial charge >= 0.3 is 0 Å². The van der Waals surface area contributed by atoms with Gasteiger partial charge in [-0.05, 0) is 35.1 Å². The molecule has 0 fully saturated rings. The molecule has 0 aliphatic heterocycles. The highest BCUT2D eigenvalue weighted by molar-refractivity contribution is 5.99. The van der Waals surface area contributed by atoms with Gasteiger partial charge in [0.1, 0.15) is 0 Å². The van der Waals surface area contributed by atoms with Crippen LogP contribution in [0.15, 0.2) is 48.5 Å². The Balaban J connectivity index is 2.23. The topological polar surface area (TPSA) is 32.3 Å². The molecule has 2 aromatic carbocycles. The summed E-state index contributed by atoms with van der Waals surface area (Å²) in [7, 11) is 1.85. The van der Waals surface area contributed by atoms with Crippen LogP contribution in [-0.2, 0) is 12.0 Å². The first-order valence-corrected chi connectivity index (χ1v) is 9.52. The van der Waals surface area contributed by atoms with Crippen molar-refractivity contribution in [2.45, 2.75) is 52.5 Å². The average Bonchev–Trinajstić information content (AvgIpc) is 2.64. The minimum atomic E-state index is 0.0864. The van der Waals surface area contributed by atoms with Gasteiger partial charge in [0.25, 0.3) is 5.91 Å². The van der Waals surface area contributed by atoms with Crippen LogP contribution in [0.4, 0.5) is 5.69 Å². The van der Waals surface area contributed by atoms with E-state index in [1.165, 1.54) is 11.1 Å². The maximum Gasteiger partial charge on any atom is 0.256 e. The van der Waals surface area contributed by atoms with Gasteiger partial charge < -0.3 is 10.2 Å². The molecule has 0 spiro atoms. The highest BCUT2D eigenvalue weighted by atomic mass is 16.2. The predicted octanol–water partition coefficient (Wildman–Crippen LogP) is 5.47. The third kappa shape index (κ3) is 5.10. The van der Waals surface area contributed by atoms with Crippen molar-refractivity contribution in [3.8, 4) is 0 Å². The first-order valence-electron chi connectivity index (χ1n) is 9.52. The molecule has 0 aromatic heterocycles. The van der Waals surface area contributed by atoms with Crippen molar-refractivity contribution in [3.63, 3.8) is 0 Å². The number of rotatable bonds is 7. The highest BCUT2D eigenvalue weighted by Crippen LogP contribution is 2.23. The van der Waals surface area contributed by atoms with E-state index in [-0.39, 0.29) is 11.3 Å². The van der Waals surface area contributed by atoms with Crippen molar-refractivity contribution < 1.29 is 4.79 Å². The van der Waals surface area contributed by atoms with Gasteiger partial charge in [-0.1, -0.05) is 70.5 Å². The van der Waals surface area contributed by atoms with E-state index in [9.17, 15) is 4.79 Å². The molecule has 0 aliphatic rings. The van der Waals surface area contributed by atoms with Crippen LogP contribution in [0.1, 0.15) is 62.0 Å². The summed E-state index contributed by atoms with van der Waals surface area (Å²) in [5.41, 5.74) is 4.24. The van der Waals surface area contributed by atoms with Crippen molar-refractivity contribution in [1.29, 1.82) is 0 Å². The van der Waals surface area contributed by atoms with Crippen LogP contribution in [0, 0.1) is 0 Å². The number of para-hydroxylation sites is 1. The zero-order valence-corrected chi connectivity index (χ0v) is 16.8. The Morgan fingerprint density at radius 2 is 1.69 bits per heavy atom. The fraction of sp³-hybridized carbons (Fsp3) is 0.435. The van der Waals surface area contributed by atoms with E-state index in [0.29, 0.717) is 6.54 Å². The van der Waals surface area contributed by atoms with Crippen molar-refractivity contribution in [3.05, 3.63) is 65.2 Å². The summed E-state index contributed by atoms with van der Waals surface area (Å²) < 4.78 is 0. The van der Waals surface area contributed by atoms with E-state index in [4.69, 9.17) is 0 Å². The first kappa shape index (κ1) is 20.0. The van der Waals surface area contributed by atoms with Crippen LogP contribution in [0.25, 0.3) is 0 Å². The molecule has 2 rings (SSSR count). The Hall–Kier alpha value is -2.29.